The van der Waals surface area contributed by atoms with E-state index in [2.05, 4.69) is 15.3 Å². The summed E-state index contributed by atoms with van der Waals surface area (Å²) < 4.78 is 0. The lowest BCUT2D eigenvalue weighted by Crippen LogP contribution is -2.03. The summed E-state index contributed by atoms with van der Waals surface area (Å²) in [5, 5.41) is 3.37. The molecule has 1 aromatic heterocycles. The SMILES string of the molecule is c1ccc(-c2nccc(NC3CC3)n2)cc1. The molecule has 1 heterocycles. The molecule has 0 radical (unpaired) electrons. The average Bonchev–Trinajstić information content (AvgIpc) is 3.15. The van der Waals surface area contributed by atoms with Gasteiger partial charge in [-0.2, -0.15) is 0 Å². The molecule has 1 aliphatic rings. The van der Waals surface area contributed by atoms with E-state index in [1.807, 2.05) is 36.4 Å². The third-order valence-electron chi connectivity index (χ3n) is 2.62. The predicted octanol–water partition coefficient (Wildman–Crippen LogP) is 2.72. The Morgan fingerprint density at radius 1 is 1.06 bits per heavy atom. The van der Waals surface area contributed by atoms with E-state index < -0.39 is 0 Å². The van der Waals surface area contributed by atoms with Gasteiger partial charge in [-0.25, -0.2) is 9.97 Å². The number of benzene rings is 1. The van der Waals surface area contributed by atoms with Crippen molar-refractivity contribution in [3.8, 4) is 11.4 Å². The minimum Gasteiger partial charge on any atom is -0.367 e. The van der Waals surface area contributed by atoms with Crippen LogP contribution in [0.3, 0.4) is 0 Å². The molecule has 80 valence electrons. The van der Waals surface area contributed by atoms with Crippen molar-refractivity contribution >= 4 is 5.82 Å². The number of hydrogen-bond donors (Lipinski definition) is 1. The van der Waals surface area contributed by atoms with E-state index in [1.54, 1.807) is 6.20 Å². The van der Waals surface area contributed by atoms with Crippen LogP contribution in [-0.4, -0.2) is 16.0 Å². The van der Waals surface area contributed by atoms with E-state index in [0.717, 1.165) is 17.2 Å². The second-order valence-corrected chi connectivity index (χ2v) is 4.05. The maximum absolute atomic E-state index is 4.50. The molecule has 1 saturated carbocycles. The molecule has 0 amide bonds. The summed E-state index contributed by atoms with van der Waals surface area (Å²) in [6.45, 7) is 0. The van der Waals surface area contributed by atoms with Crippen molar-refractivity contribution in [1.29, 1.82) is 0 Å². The Hall–Kier alpha value is -1.90. The Bertz CT molecular complexity index is 478. The zero-order valence-corrected chi connectivity index (χ0v) is 8.93. The number of nitrogens with one attached hydrogen (secondary N) is 1. The van der Waals surface area contributed by atoms with E-state index in [0.29, 0.717) is 6.04 Å². The first-order valence-electron chi connectivity index (χ1n) is 5.57. The molecule has 1 N–H and O–H groups in total. The number of hydrogen-bond acceptors (Lipinski definition) is 3. The fourth-order valence-electron chi connectivity index (χ4n) is 1.60. The van der Waals surface area contributed by atoms with Crippen LogP contribution in [0.15, 0.2) is 42.6 Å². The summed E-state index contributed by atoms with van der Waals surface area (Å²) in [4.78, 5) is 8.79. The molecule has 16 heavy (non-hydrogen) atoms. The minimum absolute atomic E-state index is 0.624. The van der Waals surface area contributed by atoms with E-state index in [4.69, 9.17) is 0 Å². The Labute approximate surface area is 94.6 Å². The van der Waals surface area contributed by atoms with Crippen molar-refractivity contribution in [3.63, 3.8) is 0 Å². The first-order valence-corrected chi connectivity index (χ1v) is 5.57. The fraction of sp³-hybridized carbons (Fsp3) is 0.231. The van der Waals surface area contributed by atoms with Crippen molar-refractivity contribution in [1.82, 2.24) is 9.97 Å². The summed E-state index contributed by atoms with van der Waals surface area (Å²) in [6, 6.07) is 12.6. The molecule has 1 aliphatic carbocycles. The Morgan fingerprint density at radius 2 is 1.88 bits per heavy atom. The summed E-state index contributed by atoms with van der Waals surface area (Å²) in [5.41, 5.74) is 1.06. The molecule has 3 nitrogen and oxygen atoms in total. The normalized spacial score (nSPS) is 14.8. The van der Waals surface area contributed by atoms with Gasteiger partial charge in [0.05, 0.1) is 0 Å². The predicted molar refractivity (Wildman–Crippen MR) is 64.1 cm³/mol. The quantitative estimate of drug-likeness (QED) is 0.848. The van der Waals surface area contributed by atoms with Crippen LogP contribution in [0.4, 0.5) is 5.82 Å². The zero-order valence-electron chi connectivity index (χ0n) is 8.93. The Balaban J connectivity index is 1.89. The van der Waals surface area contributed by atoms with Crippen LogP contribution in [0.5, 0.6) is 0 Å². The van der Waals surface area contributed by atoms with Gasteiger partial charge in [0.25, 0.3) is 0 Å². The molecule has 0 unspecified atom stereocenters. The van der Waals surface area contributed by atoms with Crippen molar-refractivity contribution in [2.24, 2.45) is 0 Å². The van der Waals surface area contributed by atoms with Gasteiger partial charge in [0, 0.05) is 17.8 Å². The standard InChI is InChI=1S/C13H13N3/c1-2-4-10(5-3-1)13-14-9-8-12(16-13)15-11-6-7-11/h1-5,8-9,11H,6-7H2,(H,14,15,16). The van der Waals surface area contributed by atoms with Gasteiger partial charge in [0.1, 0.15) is 5.82 Å². The molecule has 1 fully saturated rings. The zero-order chi connectivity index (χ0) is 10.8. The lowest BCUT2D eigenvalue weighted by molar-refractivity contribution is 1.09. The van der Waals surface area contributed by atoms with Crippen molar-refractivity contribution in [2.45, 2.75) is 18.9 Å². The maximum atomic E-state index is 4.50. The summed E-state index contributed by atoms with van der Waals surface area (Å²) in [5.74, 6) is 1.71. The first-order chi connectivity index (χ1) is 7.92. The Morgan fingerprint density at radius 3 is 2.62 bits per heavy atom. The summed E-state index contributed by atoms with van der Waals surface area (Å²) in [7, 11) is 0. The van der Waals surface area contributed by atoms with Gasteiger partial charge in [-0.3, -0.25) is 0 Å². The highest BCUT2D eigenvalue weighted by molar-refractivity contribution is 5.56. The van der Waals surface area contributed by atoms with E-state index in [9.17, 15) is 0 Å². The minimum atomic E-state index is 0.624. The molecule has 0 atom stereocenters. The van der Waals surface area contributed by atoms with Gasteiger partial charge in [-0.05, 0) is 18.9 Å². The maximum Gasteiger partial charge on any atom is 0.161 e. The van der Waals surface area contributed by atoms with Gasteiger partial charge in [-0.15, -0.1) is 0 Å². The highest BCUT2D eigenvalue weighted by Crippen LogP contribution is 2.24. The molecular formula is C13H13N3. The molecule has 0 spiro atoms. The number of anilines is 1. The van der Waals surface area contributed by atoms with Gasteiger partial charge < -0.3 is 5.32 Å². The molecular weight excluding hydrogens is 198 g/mol. The van der Waals surface area contributed by atoms with Crippen LogP contribution in [-0.2, 0) is 0 Å². The van der Waals surface area contributed by atoms with E-state index in [1.165, 1.54) is 12.8 Å². The Kier molecular flexibility index (Phi) is 2.29. The van der Waals surface area contributed by atoms with Gasteiger partial charge in [0.15, 0.2) is 5.82 Å². The third-order valence-corrected chi connectivity index (χ3v) is 2.62. The molecule has 0 bridgehead atoms. The molecule has 3 heteroatoms. The second-order valence-electron chi connectivity index (χ2n) is 4.05. The largest absolute Gasteiger partial charge is 0.367 e. The monoisotopic (exact) mass is 211 g/mol. The molecule has 0 saturated heterocycles. The lowest BCUT2D eigenvalue weighted by Gasteiger charge is -2.05. The van der Waals surface area contributed by atoms with Crippen molar-refractivity contribution in [2.75, 3.05) is 5.32 Å². The van der Waals surface area contributed by atoms with Crippen LogP contribution in [0.1, 0.15) is 12.8 Å². The summed E-state index contributed by atoms with van der Waals surface area (Å²) >= 11 is 0. The molecule has 0 aliphatic heterocycles. The second kappa shape index (κ2) is 3.93. The van der Waals surface area contributed by atoms with Gasteiger partial charge in [0.2, 0.25) is 0 Å². The summed E-state index contributed by atoms with van der Waals surface area (Å²) in [6.07, 6.45) is 4.31. The van der Waals surface area contributed by atoms with Crippen LogP contribution >= 0.6 is 0 Å². The van der Waals surface area contributed by atoms with E-state index >= 15 is 0 Å². The number of rotatable bonds is 3. The van der Waals surface area contributed by atoms with E-state index in [-0.39, 0.29) is 0 Å². The lowest BCUT2D eigenvalue weighted by atomic mass is 10.2. The molecule has 1 aromatic carbocycles. The smallest absolute Gasteiger partial charge is 0.161 e. The van der Waals surface area contributed by atoms with Crippen LogP contribution in [0.25, 0.3) is 11.4 Å². The van der Waals surface area contributed by atoms with Crippen molar-refractivity contribution in [3.05, 3.63) is 42.6 Å². The molecule has 2 aromatic rings. The fourth-order valence-corrected chi connectivity index (χ4v) is 1.60. The van der Waals surface area contributed by atoms with Crippen LogP contribution in [0, 0.1) is 0 Å². The highest BCUT2D eigenvalue weighted by Gasteiger charge is 2.21. The average molecular weight is 211 g/mol. The van der Waals surface area contributed by atoms with Gasteiger partial charge in [-0.1, -0.05) is 30.3 Å². The first kappa shape index (κ1) is 9.33. The molecule has 3 rings (SSSR count). The highest BCUT2D eigenvalue weighted by atomic mass is 15.1. The van der Waals surface area contributed by atoms with Gasteiger partial charge >= 0.3 is 0 Å². The number of nitrogens with zero attached hydrogens (tertiary/aromatic N) is 2. The third kappa shape index (κ3) is 2.03. The topological polar surface area (TPSA) is 37.8 Å². The van der Waals surface area contributed by atoms with Crippen LogP contribution in [0.2, 0.25) is 0 Å². The number of aromatic nitrogens is 2. The van der Waals surface area contributed by atoms with Crippen molar-refractivity contribution < 1.29 is 0 Å². The van der Waals surface area contributed by atoms with Crippen LogP contribution < -0.4 is 5.32 Å².